The Balaban J connectivity index is 2.00. The highest BCUT2D eigenvalue weighted by atomic mass is 19.3. The molecule has 0 unspecified atom stereocenters. The van der Waals surface area contributed by atoms with Gasteiger partial charge >= 0.3 is 6.09 Å². The third-order valence-corrected chi connectivity index (χ3v) is 4.02. The zero-order valence-corrected chi connectivity index (χ0v) is 13.7. The molecule has 3 atom stereocenters. The molecule has 1 aliphatic heterocycles. The number of hydrogen-bond acceptors (Lipinski definition) is 3. The highest BCUT2D eigenvalue weighted by molar-refractivity contribution is 5.83. The van der Waals surface area contributed by atoms with Gasteiger partial charge in [0.2, 0.25) is 5.91 Å². The van der Waals surface area contributed by atoms with Gasteiger partial charge in [0.15, 0.2) is 0 Å². The molecule has 2 aliphatic rings. The molecule has 0 aromatic rings. The number of amides is 2. The fraction of sp³-hybridized carbons (Fsp3) is 0.867. The second-order valence-electron chi connectivity index (χ2n) is 7.34. The average molecular weight is 318 g/mol. The van der Waals surface area contributed by atoms with Crippen molar-refractivity contribution in [1.29, 1.82) is 0 Å². The lowest BCUT2D eigenvalue weighted by atomic mass is 10.1. The van der Waals surface area contributed by atoms with Gasteiger partial charge in [0.05, 0.1) is 0 Å². The van der Waals surface area contributed by atoms with E-state index in [2.05, 4.69) is 0 Å². The lowest BCUT2D eigenvalue weighted by Gasteiger charge is -2.44. The maximum Gasteiger partial charge on any atom is 0.410 e. The molecular weight excluding hydrogens is 294 g/mol. The number of ether oxygens (including phenoxy) is 1. The van der Waals surface area contributed by atoms with Crippen molar-refractivity contribution in [3.05, 3.63) is 0 Å². The van der Waals surface area contributed by atoms with Gasteiger partial charge in [-0.3, -0.25) is 4.79 Å². The summed E-state index contributed by atoms with van der Waals surface area (Å²) < 4.78 is 31.5. The number of halogens is 2. The summed E-state index contributed by atoms with van der Waals surface area (Å²) in [6.07, 6.45) is -0.796. The first-order valence-electron chi connectivity index (χ1n) is 7.60. The fourth-order valence-corrected chi connectivity index (χ4v) is 2.69. The second kappa shape index (κ2) is 5.35. The predicted octanol–water partition coefficient (Wildman–Crippen LogP) is 2.50. The van der Waals surface area contributed by atoms with Crippen molar-refractivity contribution in [3.63, 3.8) is 0 Å². The van der Waals surface area contributed by atoms with Crippen molar-refractivity contribution >= 4 is 12.0 Å². The summed E-state index contributed by atoms with van der Waals surface area (Å²) in [7, 11) is 0. The smallest absolute Gasteiger partial charge is 0.410 e. The third-order valence-electron chi connectivity index (χ3n) is 4.02. The maximum absolute atomic E-state index is 13.1. The zero-order chi connectivity index (χ0) is 16.9. The van der Waals surface area contributed by atoms with Crippen LogP contribution in [0.25, 0.3) is 0 Å². The molecule has 0 bridgehead atoms. The average Bonchev–Trinajstić information content (AvgIpc) is 2.97. The Kier molecular flexibility index (Phi) is 4.13. The molecule has 2 rings (SSSR count). The normalized spacial score (nSPS) is 31.0. The van der Waals surface area contributed by atoms with Crippen LogP contribution in [-0.4, -0.2) is 58.5 Å². The summed E-state index contributed by atoms with van der Waals surface area (Å²) in [6, 6.07) is -0.560. The number of hydrogen-bond donors (Lipinski definition) is 0. The standard InChI is InChI=1S/C15H24F2N2O3/c1-9-8-19(13(21)22-14(3,4)5)10(2)7-18(9)12(20)11-6-15(11,16)17/h9-11H,6-8H2,1-5H3/t9-,10+,11-/m1/s1. The van der Waals surface area contributed by atoms with Gasteiger partial charge in [0.1, 0.15) is 11.5 Å². The molecule has 0 aromatic heterocycles. The number of piperazine rings is 1. The number of nitrogens with zero attached hydrogens (tertiary/aromatic N) is 2. The molecule has 22 heavy (non-hydrogen) atoms. The van der Waals surface area contributed by atoms with Crippen LogP contribution in [0.1, 0.15) is 41.0 Å². The van der Waals surface area contributed by atoms with Gasteiger partial charge in [-0.25, -0.2) is 13.6 Å². The lowest BCUT2D eigenvalue weighted by molar-refractivity contribution is -0.140. The van der Waals surface area contributed by atoms with E-state index >= 15 is 0 Å². The lowest BCUT2D eigenvalue weighted by Crippen LogP contribution is -2.60. The van der Waals surface area contributed by atoms with E-state index in [1.54, 1.807) is 39.5 Å². The highest BCUT2D eigenvalue weighted by Crippen LogP contribution is 2.49. The first-order valence-corrected chi connectivity index (χ1v) is 7.60. The molecule has 1 saturated carbocycles. The summed E-state index contributed by atoms with van der Waals surface area (Å²) in [4.78, 5) is 27.4. The minimum absolute atomic E-state index is 0.256. The number of alkyl halides is 2. The minimum atomic E-state index is -2.86. The van der Waals surface area contributed by atoms with Gasteiger partial charge < -0.3 is 14.5 Å². The van der Waals surface area contributed by atoms with Crippen molar-refractivity contribution in [3.8, 4) is 0 Å². The number of carbonyl (C=O) groups excluding carboxylic acids is 2. The molecular formula is C15H24F2N2O3. The van der Waals surface area contributed by atoms with Crippen LogP contribution in [0.3, 0.4) is 0 Å². The van der Waals surface area contributed by atoms with Gasteiger partial charge in [-0.2, -0.15) is 0 Å². The Bertz CT molecular complexity index is 476. The molecule has 2 amide bonds. The molecule has 0 N–H and O–H groups in total. The Labute approximate surface area is 129 Å². The Morgan fingerprint density at radius 1 is 1.09 bits per heavy atom. The monoisotopic (exact) mass is 318 g/mol. The molecule has 0 radical (unpaired) electrons. The SMILES string of the molecule is C[C@@H]1CN(C(=O)OC(C)(C)C)[C@@H](C)CN1C(=O)[C@H]1CC1(F)F. The number of carbonyl (C=O) groups is 2. The first-order chi connectivity index (χ1) is 9.92. The van der Waals surface area contributed by atoms with Crippen molar-refractivity contribution in [2.24, 2.45) is 5.92 Å². The Morgan fingerprint density at radius 3 is 2.00 bits per heavy atom. The van der Waals surface area contributed by atoms with Gasteiger partial charge in [-0.05, 0) is 34.6 Å². The van der Waals surface area contributed by atoms with E-state index in [1.807, 2.05) is 0 Å². The van der Waals surface area contributed by atoms with Gasteiger partial charge in [0, 0.05) is 31.6 Å². The summed E-state index contributed by atoms with van der Waals surface area (Å²) >= 11 is 0. The molecule has 0 aromatic carbocycles. The van der Waals surface area contributed by atoms with E-state index in [0.29, 0.717) is 6.54 Å². The quantitative estimate of drug-likeness (QED) is 0.746. The van der Waals surface area contributed by atoms with E-state index in [-0.39, 0.29) is 25.0 Å². The van der Waals surface area contributed by atoms with Crippen LogP contribution in [0.5, 0.6) is 0 Å². The van der Waals surface area contributed by atoms with Crippen molar-refractivity contribution in [1.82, 2.24) is 9.80 Å². The van der Waals surface area contributed by atoms with Crippen LogP contribution >= 0.6 is 0 Å². The molecule has 5 nitrogen and oxygen atoms in total. The third kappa shape index (κ3) is 3.50. The van der Waals surface area contributed by atoms with E-state index < -0.39 is 29.4 Å². The summed E-state index contributed by atoms with van der Waals surface area (Å²) in [5, 5.41) is 0. The van der Waals surface area contributed by atoms with Crippen LogP contribution in [0, 0.1) is 5.92 Å². The van der Waals surface area contributed by atoms with E-state index in [9.17, 15) is 18.4 Å². The van der Waals surface area contributed by atoms with Gasteiger partial charge in [-0.1, -0.05) is 0 Å². The maximum atomic E-state index is 13.1. The summed E-state index contributed by atoms with van der Waals surface area (Å²) in [6.45, 7) is 9.46. The zero-order valence-electron chi connectivity index (χ0n) is 13.7. The summed E-state index contributed by atoms with van der Waals surface area (Å²) in [5.41, 5.74) is -0.594. The molecule has 1 saturated heterocycles. The topological polar surface area (TPSA) is 49.9 Å². The van der Waals surface area contributed by atoms with Gasteiger partial charge in [-0.15, -0.1) is 0 Å². The van der Waals surface area contributed by atoms with Crippen molar-refractivity contribution in [2.75, 3.05) is 13.1 Å². The molecule has 2 fully saturated rings. The van der Waals surface area contributed by atoms with Crippen molar-refractivity contribution in [2.45, 2.75) is 64.6 Å². The molecule has 7 heteroatoms. The van der Waals surface area contributed by atoms with Crippen LogP contribution in [0.15, 0.2) is 0 Å². The van der Waals surface area contributed by atoms with Crippen LogP contribution < -0.4 is 0 Å². The number of rotatable bonds is 1. The fourth-order valence-electron chi connectivity index (χ4n) is 2.69. The summed E-state index contributed by atoms with van der Waals surface area (Å²) in [5.74, 6) is -4.55. The molecule has 0 spiro atoms. The van der Waals surface area contributed by atoms with E-state index in [1.165, 1.54) is 4.90 Å². The highest BCUT2D eigenvalue weighted by Gasteiger charge is 2.62. The van der Waals surface area contributed by atoms with Crippen LogP contribution in [0.4, 0.5) is 13.6 Å². The molecule has 126 valence electrons. The second-order valence-corrected chi connectivity index (χ2v) is 7.34. The predicted molar refractivity (Wildman–Crippen MR) is 76.6 cm³/mol. The van der Waals surface area contributed by atoms with E-state index in [4.69, 9.17) is 4.74 Å². The Hall–Kier alpha value is -1.40. The molecule has 1 heterocycles. The van der Waals surface area contributed by atoms with Crippen LogP contribution in [0.2, 0.25) is 0 Å². The first kappa shape index (κ1) is 17.0. The van der Waals surface area contributed by atoms with Crippen LogP contribution in [-0.2, 0) is 9.53 Å². The minimum Gasteiger partial charge on any atom is -0.444 e. The van der Waals surface area contributed by atoms with Gasteiger partial charge in [0.25, 0.3) is 5.92 Å². The van der Waals surface area contributed by atoms with E-state index in [0.717, 1.165) is 0 Å². The largest absolute Gasteiger partial charge is 0.444 e. The molecule has 1 aliphatic carbocycles. The Morgan fingerprint density at radius 2 is 1.55 bits per heavy atom. The van der Waals surface area contributed by atoms with Crippen molar-refractivity contribution < 1.29 is 23.1 Å².